The van der Waals surface area contributed by atoms with Gasteiger partial charge in [0.25, 0.3) is 0 Å². The molecule has 0 saturated heterocycles. The summed E-state index contributed by atoms with van der Waals surface area (Å²) < 4.78 is 29.7. The van der Waals surface area contributed by atoms with Gasteiger partial charge in [0.05, 0.1) is 11.2 Å². The minimum absolute atomic E-state index is 0.0945. The van der Waals surface area contributed by atoms with Crippen molar-refractivity contribution in [2.45, 2.75) is 33.1 Å². The molecule has 0 amide bonds. The minimum Gasteiger partial charge on any atom is -0.371 e. The predicted octanol–water partition coefficient (Wildman–Crippen LogP) is 2.85. The Kier molecular flexibility index (Phi) is 3.03. The normalized spacial score (nSPS) is 31.7. The molecule has 2 bridgehead atoms. The van der Waals surface area contributed by atoms with Gasteiger partial charge in [-0.3, -0.25) is 4.79 Å². The van der Waals surface area contributed by atoms with E-state index in [9.17, 15) is 13.2 Å². The summed E-state index contributed by atoms with van der Waals surface area (Å²) in [6.07, 6.45) is 2.12. The largest absolute Gasteiger partial charge is 0.371 e. The number of ketones is 1. The molecule has 1 heterocycles. The fraction of sp³-hybridized carbons (Fsp3) is 0.643. The van der Waals surface area contributed by atoms with E-state index in [2.05, 4.69) is 0 Å². The lowest BCUT2D eigenvalue weighted by atomic mass is 9.70. The number of carbonyl (C=O) groups is 1. The van der Waals surface area contributed by atoms with E-state index < -0.39 is 15.5 Å². The summed E-state index contributed by atoms with van der Waals surface area (Å²) in [4.78, 5) is 12.3. The van der Waals surface area contributed by atoms with Gasteiger partial charge in [-0.25, -0.2) is 0 Å². The molecule has 4 nitrogen and oxygen atoms in total. The Morgan fingerprint density at radius 1 is 1.45 bits per heavy atom. The van der Waals surface area contributed by atoms with Crippen molar-refractivity contribution in [2.24, 2.45) is 16.7 Å². The second-order valence-electron chi connectivity index (χ2n) is 6.38. The predicted molar refractivity (Wildman–Crippen MR) is 77.3 cm³/mol. The molecule has 110 valence electrons. The number of rotatable bonds is 4. The van der Waals surface area contributed by atoms with Crippen LogP contribution < -0.4 is 4.18 Å². The first-order valence-corrected chi connectivity index (χ1v) is 9.21. The van der Waals surface area contributed by atoms with Crippen molar-refractivity contribution in [3.8, 4) is 5.06 Å². The number of fused-ring (bicyclic) bond motifs is 2. The number of carbonyl (C=O) groups excluding carboxylic acids is 1. The van der Waals surface area contributed by atoms with Crippen LogP contribution in [0.5, 0.6) is 5.06 Å². The highest BCUT2D eigenvalue weighted by Crippen LogP contribution is 2.64. The van der Waals surface area contributed by atoms with E-state index in [4.69, 9.17) is 4.18 Å². The second kappa shape index (κ2) is 4.31. The summed E-state index contributed by atoms with van der Waals surface area (Å²) >= 11 is 1.24. The Morgan fingerprint density at radius 3 is 2.70 bits per heavy atom. The molecule has 0 spiro atoms. The maximum atomic E-state index is 12.3. The third-order valence-corrected chi connectivity index (χ3v) is 7.40. The molecule has 1 aromatic rings. The third-order valence-electron chi connectivity index (χ3n) is 5.27. The highest BCUT2D eigenvalue weighted by Gasteiger charge is 2.65. The van der Waals surface area contributed by atoms with Crippen LogP contribution in [-0.4, -0.2) is 20.0 Å². The van der Waals surface area contributed by atoms with E-state index in [0.29, 0.717) is 23.8 Å². The summed E-state index contributed by atoms with van der Waals surface area (Å²) in [6, 6.07) is 3.36. The Balaban J connectivity index is 1.88. The van der Waals surface area contributed by atoms with Crippen LogP contribution in [0.4, 0.5) is 0 Å². The highest BCUT2D eigenvalue weighted by atomic mass is 32.2. The lowest BCUT2D eigenvalue weighted by Gasteiger charge is -2.35. The van der Waals surface area contributed by atoms with E-state index in [1.807, 2.05) is 13.8 Å². The maximum absolute atomic E-state index is 12.3. The smallest absolute Gasteiger partial charge is 0.310 e. The standard InChI is InChI=1S/C14H18O4S2/c1-13(2)10-5-6-14(13,11(15)8-10)9-20(16,17)18-12-4-3-7-19-12/h3-4,7,10H,5-6,8-9H2,1-2H3/t10-,14+/m0/s1. The quantitative estimate of drug-likeness (QED) is 0.802. The molecule has 0 radical (unpaired) electrons. The van der Waals surface area contributed by atoms with Gasteiger partial charge in [-0.1, -0.05) is 13.8 Å². The van der Waals surface area contributed by atoms with Gasteiger partial charge in [0.2, 0.25) is 0 Å². The lowest BCUT2D eigenvalue weighted by Crippen LogP contribution is -2.43. The van der Waals surface area contributed by atoms with Crippen molar-refractivity contribution in [3.05, 3.63) is 17.5 Å². The molecular formula is C14H18O4S2. The van der Waals surface area contributed by atoms with Gasteiger partial charge in [0.15, 0.2) is 5.06 Å². The maximum Gasteiger partial charge on any atom is 0.310 e. The number of Topliss-reactive ketones (excluding diaryl/α,β-unsaturated/α-hetero) is 1. The summed E-state index contributed by atoms with van der Waals surface area (Å²) in [5.74, 6) is 0.212. The van der Waals surface area contributed by atoms with Crippen LogP contribution in [0.25, 0.3) is 0 Å². The van der Waals surface area contributed by atoms with E-state index in [0.717, 1.165) is 6.42 Å². The van der Waals surface area contributed by atoms with E-state index in [1.54, 1.807) is 17.5 Å². The molecule has 20 heavy (non-hydrogen) atoms. The van der Waals surface area contributed by atoms with Gasteiger partial charge in [0.1, 0.15) is 5.78 Å². The van der Waals surface area contributed by atoms with E-state index >= 15 is 0 Å². The third kappa shape index (κ3) is 1.92. The molecule has 0 aliphatic heterocycles. The van der Waals surface area contributed by atoms with Gasteiger partial charge in [0, 0.05) is 6.42 Å². The van der Waals surface area contributed by atoms with Crippen LogP contribution in [-0.2, 0) is 14.9 Å². The highest BCUT2D eigenvalue weighted by molar-refractivity contribution is 7.87. The van der Waals surface area contributed by atoms with Crippen molar-refractivity contribution in [1.29, 1.82) is 0 Å². The van der Waals surface area contributed by atoms with Crippen molar-refractivity contribution >= 4 is 27.2 Å². The molecule has 2 atom stereocenters. The van der Waals surface area contributed by atoms with Gasteiger partial charge >= 0.3 is 10.1 Å². The SMILES string of the molecule is CC1(C)[C@H]2CC[C@@]1(CS(=O)(=O)Oc1cccs1)C(=O)C2. The van der Waals surface area contributed by atoms with Gasteiger partial charge in [-0.2, -0.15) is 8.42 Å². The molecule has 6 heteroatoms. The molecular weight excluding hydrogens is 296 g/mol. The van der Waals surface area contributed by atoms with Crippen LogP contribution in [0.2, 0.25) is 0 Å². The molecule has 0 aromatic carbocycles. The summed E-state index contributed by atoms with van der Waals surface area (Å²) in [7, 11) is -3.75. The van der Waals surface area contributed by atoms with Crippen LogP contribution in [0.1, 0.15) is 33.1 Å². The molecule has 3 rings (SSSR count). The topological polar surface area (TPSA) is 60.4 Å². The minimum atomic E-state index is -3.75. The van der Waals surface area contributed by atoms with Crippen LogP contribution in [0.15, 0.2) is 17.5 Å². The van der Waals surface area contributed by atoms with Crippen LogP contribution in [0.3, 0.4) is 0 Å². The fourth-order valence-corrected chi connectivity index (χ4v) is 6.44. The molecule has 0 N–H and O–H groups in total. The Bertz CT molecular complexity index is 630. The number of hydrogen-bond acceptors (Lipinski definition) is 5. The summed E-state index contributed by atoms with van der Waals surface area (Å²) in [5.41, 5.74) is -1.01. The monoisotopic (exact) mass is 314 g/mol. The Hall–Kier alpha value is -0.880. The Morgan fingerprint density at radius 2 is 2.20 bits per heavy atom. The molecule has 2 aliphatic rings. The van der Waals surface area contributed by atoms with Crippen molar-refractivity contribution < 1.29 is 17.4 Å². The molecule has 2 fully saturated rings. The average Bonchev–Trinajstić information content (AvgIpc) is 2.94. The van der Waals surface area contributed by atoms with E-state index in [1.165, 1.54) is 11.3 Å². The van der Waals surface area contributed by atoms with Crippen molar-refractivity contribution in [3.63, 3.8) is 0 Å². The summed E-state index contributed by atoms with van der Waals surface area (Å²) in [6.45, 7) is 4.05. The molecule has 2 aliphatic carbocycles. The molecule has 0 unspecified atom stereocenters. The van der Waals surface area contributed by atoms with Gasteiger partial charge < -0.3 is 4.18 Å². The summed E-state index contributed by atoms with van der Waals surface area (Å²) in [5, 5.41) is 2.12. The second-order valence-corrected chi connectivity index (χ2v) is 8.87. The zero-order valence-electron chi connectivity index (χ0n) is 11.6. The molecule has 1 aromatic heterocycles. The average molecular weight is 314 g/mol. The van der Waals surface area contributed by atoms with Crippen LogP contribution in [0, 0.1) is 16.7 Å². The Labute approximate surface area is 123 Å². The van der Waals surface area contributed by atoms with Gasteiger partial charge in [-0.05, 0) is 41.7 Å². The fourth-order valence-electron chi connectivity index (χ4n) is 3.88. The van der Waals surface area contributed by atoms with Crippen molar-refractivity contribution in [2.75, 3.05) is 5.75 Å². The number of hydrogen-bond donors (Lipinski definition) is 0. The first-order valence-electron chi connectivity index (χ1n) is 6.76. The lowest BCUT2D eigenvalue weighted by molar-refractivity contribution is -0.128. The zero-order valence-corrected chi connectivity index (χ0v) is 13.2. The first-order chi connectivity index (χ1) is 9.27. The van der Waals surface area contributed by atoms with Crippen LogP contribution >= 0.6 is 11.3 Å². The van der Waals surface area contributed by atoms with E-state index in [-0.39, 0.29) is 17.0 Å². The molecule has 2 saturated carbocycles. The van der Waals surface area contributed by atoms with Crippen molar-refractivity contribution in [1.82, 2.24) is 0 Å². The van der Waals surface area contributed by atoms with Gasteiger partial charge in [-0.15, -0.1) is 11.3 Å². The first kappa shape index (κ1) is 14.1. The zero-order chi connectivity index (χ0) is 14.6. The number of thiophene rings is 1.